The van der Waals surface area contributed by atoms with Gasteiger partial charge in [0.2, 0.25) is 24.0 Å². The molecule has 4 N–H and O–H groups in total. The van der Waals surface area contributed by atoms with Crippen molar-refractivity contribution in [3.8, 4) is 0 Å². The van der Waals surface area contributed by atoms with Crippen molar-refractivity contribution in [3.05, 3.63) is 0 Å². The zero-order valence-electron chi connectivity index (χ0n) is 27.9. The van der Waals surface area contributed by atoms with Crippen LogP contribution in [0.25, 0.3) is 0 Å². The van der Waals surface area contributed by atoms with Gasteiger partial charge < -0.3 is 40.0 Å². The Morgan fingerprint density at radius 2 is 1.21 bits per heavy atom. The van der Waals surface area contributed by atoms with Crippen LogP contribution in [0, 0.1) is 5.92 Å². The van der Waals surface area contributed by atoms with Gasteiger partial charge in [-0.3, -0.25) is 24.0 Å². The second-order valence-electron chi connectivity index (χ2n) is 11.6. The van der Waals surface area contributed by atoms with Crippen molar-refractivity contribution >= 4 is 35.8 Å². The van der Waals surface area contributed by atoms with Gasteiger partial charge in [0, 0.05) is 25.9 Å². The van der Waals surface area contributed by atoms with Crippen LogP contribution in [0.4, 0.5) is 0 Å². The Kier molecular flexibility index (Phi) is 26.2. The summed E-state index contributed by atoms with van der Waals surface area (Å²) >= 11 is 0. The summed E-state index contributed by atoms with van der Waals surface area (Å²) in [5.41, 5.74) is 0. The van der Waals surface area contributed by atoms with Crippen LogP contribution in [0.3, 0.4) is 0 Å². The van der Waals surface area contributed by atoms with Crippen molar-refractivity contribution in [1.29, 1.82) is 0 Å². The van der Waals surface area contributed by atoms with Gasteiger partial charge >= 0.3 is 5.97 Å². The summed E-state index contributed by atoms with van der Waals surface area (Å²) in [6, 6.07) is -1.35. The molecular formula is C33H56N3O11. The van der Waals surface area contributed by atoms with Crippen LogP contribution in [0.1, 0.15) is 96.3 Å². The molecule has 0 saturated carbocycles. The van der Waals surface area contributed by atoms with Crippen molar-refractivity contribution in [1.82, 2.24) is 16.0 Å². The first-order valence-corrected chi connectivity index (χ1v) is 17.1. The Labute approximate surface area is 278 Å². The SMILES string of the molecule is O=[C]COCCOCCNC(=O)COCCOCCNC(=O)C1C[C@@H](C(=O)O)NC(=O)CCCCCCCCCCCCCCC1=O. The molecule has 0 aromatic carbocycles. The number of ether oxygens (including phenoxy) is 4. The summed E-state index contributed by atoms with van der Waals surface area (Å²) in [5, 5.41) is 17.6. The molecule has 1 heterocycles. The summed E-state index contributed by atoms with van der Waals surface area (Å²) < 4.78 is 20.8. The Morgan fingerprint density at radius 3 is 1.79 bits per heavy atom. The second-order valence-corrected chi connectivity index (χ2v) is 11.6. The summed E-state index contributed by atoms with van der Waals surface area (Å²) in [5.74, 6) is -4.13. The third-order valence-corrected chi connectivity index (χ3v) is 7.64. The van der Waals surface area contributed by atoms with Gasteiger partial charge in [-0.2, -0.15) is 0 Å². The molecule has 0 aromatic heterocycles. The van der Waals surface area contributed by atoms with Crippen molar-refractivity contribution in [3.63, 3.8) is 0 Å². The minimum absolute atomic E-state index is 0.0889. The predicted octanol–water partition coefficient (Wildman–Crippen LogP) is 2.01. The van der Waals surface area contributed by atoms with Gasteiger partial charge in [-0.25, -0.2) is 4.79 Å². The topological polar surface area (TPSA) is 196 Å². The van der Waals surface area contributed by atoms with E-state index in [0.717, 1.165) is 38.5 Å². The molecule has 0 aromatic rings. The van der Waals surface area contributed by atoms with Crippen molar-refractivity contribution in [2.24, 2.45) is 5.92 Å². The third-order valence-electron chi connectivity index (χ3n) is 7.64. The van der Waals surface area contributed by atoms with Crippen molar-refractivity contribution in [2.75, 3.05) is 65.9 Å². The number of carbonyl (C=O) groups is 5. The number of hydrogen-bond donors (Lipinski definition) is 4. The first-order valence-electron chi connectivity index (χ1n) is 17.1. The maximum Gasteiger partial charge on any atom is 0.326 e. The number of carboxylic acid groups (broad SMARTS) is 1. The standard InChI is InChI=1S/C33H56N3O11/c37-17-20-46-22-21-44-18-15-34-31(40)26-47-24-23-45-19-16-35-32(41)27-25-28(33(42)43)36-30(39)14-12-10-8-6-4-2-1-3-5-7-9-11-13-29(27)38/h27-28H,1-16,18-26H2,(H,34,40)(H,35,41)(H,36,39)(H,42,43)/t27?,28-/m0/s1. The van der Waals surface area contributed by atoms with E-state index >= 15 is 0 Å². The normalized spacial score (nSPS) is 19.7. The largest absolute Gasteiger partial charge is 0.480 e. The molecular weight excluding hydrogens is 614 g/mol. The van der Waals surface area contributed by atoms with Gasteiger partial charge in [0.1, 0.15) is 25.0 Å². The van der Waals surface area contributed by atoms with E-state index in [1.165, 1.54) is 25.7 Å². The van der Waals surface area contributed by atoms with Crippen LogP contribution in [0.5, 0.6) is 0 Å². The van der Waals surface area contributed by atoms with E-state index < -0.39 is 29.7 Å². The van der Waals surface area contributed by atoms with Gasteiger partial charge in [-0.15, -0.1) is 0 Å². The Balaban J connectivity index is 2.43. The molecule has 1 radical (unpaired) electrons. The van der Waals surface area contributed by atoms with Gasteiger partial charge in [0.15, 0.2) is 0 Å². The van der Waals surface area contributed by atoms with Gasteiger partial charge in [-0.05, 0) is 19.3 Å². The Morgan fingerprint density at radius 1 is 0.702 bits per heavy atom. The van der Waals surface area contributed by atoms with E-state index in [4.69, 9.17) is 18.9 Å². The number of carbonyl (C=O) groups excluding carboxylic acids is 5. The molecule has 1 rings (SSSR count). The van der Waals surface area contributed by atoms with Gasteiger partial charge in [0.25, 0.3) is 0 Å². The predicted molar refractivity (Wildman–Crippen MR) is 172 cm³/mol. The molecule has 1 aliphatic rings. The van der Waals surface area contributed by atoms with Crippen LogP contribution in [-0.2, 0) is 47.7 Å². The van der Waals surface area contributed by atoms with Crippen LogP contribution in [0.15, 0.2) is 0 Å². The molecule has 1 saturated heterocycles. The molecule has 0 bridgehead atoms. The molecule has 14 nitrogen and oxygen atoms in total. The van der Waals surface area contributed by atoms with E-state index in [0.29, 0.717) is 26.0 Å². The maximum absolute atomic E-state index is 13.1. The fourth-order valence-electron chi connectivity index (χ4n) is 5.04. The van der Waals surface area contributed by atoms with Crippen LogP contribution >= 0.6 is 0 Å². The number of Topliss-reactive ketones (excluding diaryl/α,β-unsaturated/α-hetero) is 1. The first kappa shape index (κ1) is 42.1. The van der Waals surface area contributed by atoms with Gasteiger partial charge in [0.05, 0.1) is 45.6 Å². The average Bonchev–Trinajstić information content (AvgIpc) is 3.04. The minimum atomic E-state index is -1.35. The molecule has 0 aliphatic carbocycles. The highest BCUT2D eigenvalue weighted by molar-refractivity contribution is 6.02. The Hall–Kier alpha value is -2.94. The monoisotopic (exact) mass is 670 g/mol. The zero-order chi connectivity index (χ0) is 34.4. The van der Waals surface area contributed by atoms with Crippen molar-refractivity contribution < 1.29 is 52.8 Å². The van der Waals surface area contributed by atoms with E-state index in [2.05, 4.69) is 16.0 Å². The lowest BCUT2D eigenvalue weighted by atomic mass is 9.91. The quantitative estimate of drug-likeness (QED) is 0.123. The Bertz CT molecular complexity index is 903. The first-order chi connectivity index (χ1) is 22.8. The van der Waals surface area contributed by atoms with Crippen LogP contribution in [0.2, 0.25) is 0 Å². The average molecular weight is 671 g/mol. The van der Waals surface area contributed by atoms with Crippen LogP contribution < -0.4 is 16.0 Å². The smallest absolute Gasteiger partial charge is 0.326 e. The molecule has 1 fully saturated rings. The number of carboxylic acids is 1. The van der Waals surface area contributed by atoms with Crippen LogP contribution in [-0.4, -0.2) is 113 Å². The molecule has 47 heavy (non-hydrogen) atoms. The number of aliphatic carboxylic acids is 1. The van der Waals surface area contributed by atoms with Crippen molar-refractivity contribution in [2.45, 2.75) is 102 Å². The fourth-order valence-corrected chi connectivity index (χ4v) is 5.04. The number of hydrogen-bond acceptors (Lipinski definition) is 10. The molecule has 0 spiro atoms. The maximum atomic E-state index is 13.1. The summed E-state index contributed by atoms with van der Waals surface area (Å²) in [6.07, 6.45) is 13.8. The molecule has 3 amide bonds. The molecule has 1 unspecified atom stereocenters. The van der Waals surface area contributed by atoms with Gasteiger partial charge in [-0.1, -0.05) is 64.2 Å². The molecule has 14 heteroatoms. The molecule has 2 atom stereocenters. The lowest BCUT2D eigenvalue weighted by Crippen LogP contribution is -2.46. The zero-order valence-corrected chi connectivity index (χ0v) is 27.9. The highest BCUT2D eigenvalue weighted by atomic mass is 16.5. The summed E-state index contributed by atoms with van der Waals surface area (Å²) in [7, 11) is 0. The lowest BCUT2D eigenvalue weighted by Gasteiger charge is -2.21. The lowest BCUT2D eigenvalue weighted by molar-refractivity contribution is -0.143. The highest BCUT2D eigenvalue weighted by Gasteiger charge is 2.32. The molecule has 269 valence electrons. The van der Waals surface area contributed by atoms with E-state index in [-0.39, 0.29) is 83.7 Å². The van der Waals surface area contributed by atoms with E-state index in [1.807, 2.05) is 0 Å². The number of ketones is 1. The number of nitrogens with one attached hydrogen (secondary N) is 3. The fraction of sp³-hybridized carbons (Fsp3) is 0.818. The third kappa shape index (κ3) is 23.9. The van der Waals surface area contributed by atoms with E-state index in [9.17, 15) is 33.9 Å². The summed E-state index contributed by atoms with van der Waals surface area (Å²) in [4.78, 5) is 72.4. The molecule has 1 aliphatic heterocycles. The second kappa shape index (κ2) is 29.2. The highest BCUT2D eigenvalue weighted by Crippen LogP contribution is 2.17. The number of rotatable bonds is 18. The van der Waals surface area contributed by atoms with E-state index in [1.54, 1.807) is 6.29 Å². The summed E-state index contributed by atoms with van der Waals surface area (Å²) in [6.45, 7) is 1.39. The minimum Gasteiger partial charge on any atom is -0.480 e. The number of amides is 3.